The molecule has 0 radical (unpaired) electrons. The Labute approximate surface area is 225 Å². The highest BCUT2D eigenvalue weighted by Gasteiger charge is 2.55. The Bertz CT molecular complexity index is 1140. The fourth-order valence-corrected chi connectivity index (χ4v) is 8.10. The van der Waals surface area contributed by atoms with E-state index in [1.165, 1.54) is 58.0 Å². The first-order valence-electron chi connectivity index (χ1n) is 13.9. The summed E-state index contributed by atoms with van der Waals surface area (Å²) in [5.41, 5.74) is 1.79. The normalized spacial score (nSPS) is 31.3. The Morgan fingerprint density at radius 3 is 2.59 bits per heavy atom. The summed E-state index contributed by atoms with van der Waals surface area (Å²) in [6.45, 7) is 3.84. The van der Waals surface area contributed by atoms with Gasteiger partial charge in [-0.05, 0) is 99.9 Å². The molecule has 1 aromatic carbocycles. The number of rotatable bonds is 8. The van der Waals surface area contributed by atoms with Crippen molar-refractivity contribution in [1.29, 1.82) is 5.26 Å². The summed E-state index contributed by atoms with van der Waals surface area (Å²) in [5, 5.41) is 21.4. The number of benzene rings is 1. The number of likely N-dealkylation sites (tertiary alicyclic amines) is 1. The van der Waals surface area contributed by atoms with Gasteiger partial charge in [-0.15, -0.1) is 0 Å². The number of nitrogens with zero attached hydrogens (tertiary/aromatic N) is 4. The Kier molecular flexibility index (Phi) is 7.00. The molecule has 7 nitrogen and oxygen atoms in total. The maximum atomic E-state index is 9.70. The van der Waals surface area contributed by atoms with E-state index in [4.69, 9.17) is 11.6 Å². The van der Waals surface area contributed by atoms with Crippen molar-refractivity contribution >= 4 is 23.4 Å². The average Bonchev–Trinajstić information content (AvgIpc) is 2.90. The summed E-state index contributed by atoms with van der Waals surface area (Å²) < 4.78 is 0. The largest absolute Gasteiger partial charge is 0.368 e. The van der Waals surface area contributed by atoms with Crippen LogP contribution in [0.15, 0.2) is 30.5 Å². The van der Waals surface area contributed by atoms with Gasteiger partial charge < -0.3 is 20.9 Å². The SMILES string of the molecule is CN1CCC(NC2[C@@H]3CC4C[C@H]2CC(CNc2nc(NCc5ccccc5Cl)ncc2C#N)(C4)C3)CC1. The molecule has 5 aliphatic rings. The quantitative estimate of drug-likeness (QED) is 0.457. The molecule has 3 unspecified atom stereocenters. The third kappa shape index (κ3) is 5.30. The van der Waals surface area contributed by atoms with Crippen LogP contribution in [0.1, 0.15) is 56.1 Å². The molecule has 4 aliphatic carbocycles. The molecule has 196 valence electrons. The van der Waals surface area contributed by atoms with Crippen molar-refractivity contribution in [2.45, 2.75) is 63.6 Å². The van der Waals surface area contributed by atoms with Crippen molar-refractivity contribution < 1.29 is 0 Å². The lowest BCUT2D eigenvalue weighted by atomic mass is 9.48. The third-order valence-electron chi connectivity index (χ3n) is 9.48. The molecule has 1 saturated heterocycles. The zero-order chi connectivity index (χ0) is 25.4. The number of piperidine rings is 1. The van der Waals surface area contributed by atoms with Gasteiger partial charge in [0.25, 0.3) is 0 Å². The Balaban J connectivity index is 1.11. The number of halogens is 1. The summed E-state index contributed by atoms with van der Waals surface area (Å²) in [6.07, 6.45) is 10.8. The molecule has 0 spiro atoms. The predicted molar refractivity (Wildman–Crippen MR) is 147 cm³/mol. The predicted octanol–water partition coefficient (Wildman–Crippen LogP) is 4.90. The van der Waals surface area contributed by atoms with Crippen molar-refractivity contribution in [1.82, 2.24) is 20.2 Å². The van der Waals surface area contributed by atoms with Crippen LogP contribution < -0.4 is 16.0 Å². The molecule has 5 fully saturated rings. The first-order chi connectivity index (χ1) is 18.0. The summed E-state index contributed by atoms with van der Waals surface area (Å²) in [4.78, 5) is 11.5. The van der Waals surface area contributed by atoms with Crippen molar-refractivity contribution in [2.75, 3.05) is 37.3 Å². The smallest absolute Gasteiger partial charge is 0.224 e. The Hall–Kier alpha value is -2.40. The molecule has 4 saturated carbocycles. The fraction of sp³-hybridized carbons (Fsp3) is 0.621. The minimum Gasteiger partial charge on any atom is -0.368 e. The molecule has 8 heteroatoms. The van der Waals surface area contributed by atoms with Gasteiger partial charge in [0.1, 0.15) is 17.5 Å². The van der Waals surface area contributed by atoms with Gasteiger partial charge >= 0.3 is 0 Å². The monoisotopic (exact) mass is 519 g/mol. The van der Waals surface area contributed by atoms with E-state index in [-0.39, 0.29) is 0 Å². The van der Waals surface area contributed by atoms with E-state index < -0.39 is 0 Å². The molecule has 3 N–H and O–H groups in total. The molecule has 2 aromatic rings. The first-order valence-corrected chi connectivity index (χ1v) is 14.3. The number of anilines is 2. The molecular weight excluding hydrogens is 482 g/mol. The summed E-state index contributed by atoms with van der Waals surface area (Å²) in [5.74, 6) is 3.55. The van der Waals surface area contributed by atoms with Crippen LogP contribution in [0.5, 0.6) is 0 Å². The molecule has 5 atom stereocenters. The minimum absolute atomic E-state index is 0.310. The summed E-state index contributed by atoms with van der Waals surface area (Å²) >= 11 is 6.30. The molecule has 37 heavy (non-hydrogen) atoms. The van der Waals surface area contributed by atoms with Gasteiger partial charge in [-0.1, -0.05) is 29.8 Å². The number of hydrogen-bond donors (Lipinski definition) is 3. The van der Waals surface area contributed by atoms with E-state index in [0.29, 0.717) is 46.4 Å². The number of aromatic nitrogens is 2. The van der Waals surface area contributed by atoms with E-state index in [1.807, 2.05) is 24.3 Å². The van der Waals surface area contributed by atoms with E-state index in [9.17, 15) is 5.26 Å². The van der Waals surface area contributed by atoms with Crippen LogP contribution in [0.25, 0.3) is 0 Å². The lowest BCUT2D eigenvalue weighted by molar-refractivity contribution is -0.0733. The van der Waals surface area contributed by atoms with E-state index in [2.05, 4.69) is 43.9 Å². The number of hydrogen-bond acceptors (Lipinski definition) is 7. The Morgan fingerprint density at radius 1 is 1.11 bits per heavy atom. The highest BCUT2D eigenvalue weighted by molar-refractivity contribution is 6.31. The molecule has 1 aromatic heterocycles. The molecular formula is C29H38ClN7. The first kappa shape index (κ1) is 24.9. The minimum atomic E-state index is 0.310. The van der Waals surface area contributed by atoms with Crippen LogP contribution in [0.3, 0.4) is 0 Å². The standard InChI is InChI=1S/C29H38ClN7/c1-37-8-6-24(7-9-37)35-26-21-10-19-11-22(26)14-29(12-19,13-21)18-34-27-23(15-31)17-33-28(36-27)32-16-20-4-2-3-5-25(20)30/h2-5,17,19,21-22,24,26,35H,6-14,16,18H2,1H3,(H2,32,33,34,36)/t19?,21-,22+,26?,29?. The summed E-state index contributed by atoms with van der Waals surface area (Å²) in [7, 11) is 2.24. The molecule has 7 rings (SSSR count). The van der Waals surface area contributed by atoms with Crippen LogP contribution in [-0.4, -0.2) is 53.6 Å². The highest BCUT2D eigenvalue weighted by Crippen LogP contribution is 2.60. The highest BCUT2D eigenvalue weighted by atomic mass is 35.5. The van der Waals surface area contributed by atoms with Gasteiger partial charge in [0.15, 0.2) is 0 Å². The second kappa shape index (κ2) is 10.4. The zero-order valence-electron chi connectivity index (χ0n) is 21.7. The molecule has 2 heterocycles. The van der Waals surface area contributed by atoms with E-state index in [0.717, 1.165) is 29.9 Å². The van der Waals surface area contributed by atoms with Gasteiger partial charge in [-0.3, -0.25) is 0 Å². The van der Waals surface area contributed by atoms with Crippen molar-refractivity contribution in [3.8, 4) is 6.07 Å². The Morgan fingerprint density at radius 2 is 1.86 bits per heavy atom. The fourth-order valence-electron chi connectivity index (χ4n) is 7.90. The van der Waals surface area contributed by atoms with Crippen LogP contribution in [0.2, 0.25) is 5.02 Å². The second-order valence-electron chi connectivity index (χ2n) is 12.1. The van der Waals surface area contributed by atoms with Gasteiger partial charge in [0, 0.05) is 30.2 Å². The van der Waals surface area contributed by atoms with Gasteiger partial charge in [-0.25, -0.2) is 4.98 Å². The molecule has 4 bridgehead atoms. The molecule has 1 aliphatic heterocycles. The van der Waals surface area contributed by atoms with Crippen molar-refractivity contribution in [2.24, 2.45) is 23.2 Å². The number of nitriles is 1. The molecule has 0 amide bonds. The van der Waals surface area contributed by atoms with Gasteiger partial charge in [0.05, 0.1) is 6.20 Å². The van der Waals surface area contributed by atoms with E-state index in [1.54, 1.807) is 6.20 Å². The third-order valence-corrected chi connectivity index (χ3v) is 9.85. The lowest BCUT2D eigenvalue weighted by Gasteiger charge is -2.61. The van der Waals surface area contributed by atoms with Crippen molar-refractivity contribution in [3.63, 3.8) is 0 Å². The maximum Gasteiger partial charge on any atom is 0.224 e. The van der Waals surface area contributed by atoms with E-state index >= 15 is 0 Å². The second-order valence-corrected chi connectivity index (χ2v) is 12.5. The van der Waals surface area contributed by atoms with Gasteiger partial charge in [-0.2, -0.15) is 10.2 Å². The summed E-state index contributed by atoms with van der Waals surface area (Å²) in [6, 6.07) is 11.4. The number of nitrogens with one attached hydrogen (secondary N) is 3. The average molecular weight is 520 g/mol. The maximum absolute atomic E-state index is 9.70. The van der Waals surface area contributed by atoms with Gasteiger partial charge in [0.2, 0.25) is 5.95 Å². The zero-order valence-corrected chi connectivity index (χ0v) is 22.5. The van der Waals surface area contributed by atoms with Crippen LogP contribution >= 0.6 is 11.6 Å². The van der Waals surface area contributed by atoms with Crippen LogP contribution in [0, 0.1) is 34.5 Å². The topological polar surface area (TPSA) is 88.9 Å². The lowest BCUT2D eigenvalue weighted by Crippen LogP contribution is -2.61. The van der Waals surface area contributed by atoms with Crippen molar-refractivity contribution in [3.05, 3.63) is 46.6 Å². The van der Waals surface area contributed by atoms with Crippen LogP contribution in [0.4, 0.5) is 11.8 Å². The van der Waals surface area contributed by atoms with Crippen LogP contribution in [-0.2, 0) is 6.54 Å².